The molecular weight excluding hydrogens is 284 g/mol. The molecule has 0 unspecified atom stereocenters. The van der Waals surface area contributed by atoms with Gasteiger partial charge in [-0.05, 0) is 12.8 Å². The van der Waals surface area contributed by atoms with Crippen molar-refractivity contribution in [2.75, 3.05) is 13.6 Å². The Labute approximate surface area is 130 Å². The number of aromatic nitrogens is 3. The van der Waals surface area contributed by atoms with E-state index in [4.69, 9.17) is 4.84 Å². The second-order valence-corrected chi connectivity index (χ2v) is 5.43. The molecule has 2 heterocycles. The maximum atomic E-state index is 12.1. The van der Waals surface area contributed by atoms with E-state index < -0.39 is 0 Å². The highest BCUT2D eigenvalue weighted by Crippen LogP contribution is 2.11. The number of nitrogens with zero attached hydrogens (tertiary/aromatic N) is 5. The molecule has 8 heteroatoms. The van der Waals surface area contributed by atoms with Crippen LogP contribution in [0.25, 0.3) is 0 Å². The van der Waals surface area contributed by atoms with Crippen LogP contribution in [0.1, 0.15) is 38.9 Å². The average molecular weight is 308 g/mol. The highest BCUT2D eigenvalue weighted by atomic mass is 16.6. The van der Waals surface area contributed by atoms with Crippen molar-refractivity contribution in [3.63, 3.8) is 0 Å². The first-order valence-corrected chi connectivity index (χ1v) is 7.71. The molecule has 0 saturated heterocycles. The lowest BCUT2D eigenvalue weighted by Gasteiger charge is -2.19. The molecular formula is C14H24N6O2. The maximum absolute atomic E-state index is 12.1. The lowest BCUT2D eigenvalue weighted by molar-refractivity contribution is 0.0850. The number of carbonyl (C=O) groups excluding carboxylic acids is 1. The SMILES string of the molecule is CCCn1cnnc1CN(C)C(=O)NC[C@H]1CC(CC)=NO1. The van der Waals surface area contributed by atoms with Gasteiger partial charge < -0.3 is 19.6 Å². The van der Waals surface area contributed by atoms with Gasteiger partial charge in [-0.2, -0.15) is 0 Å². The molecule has 0 radical (unpaired) electrons. The van der Waals surface area contributed by atoms with Crippen molar-refractivity contribution >= 4 is 11.7 Å². The van der Waals surface area contributed by atoms with Crippen LogP contribution in [0.4, 0.5) is 4.79 Å². The van der Waals surface area contributed by atoms with Crippen molar-refractivity contribution in [2.24, 2.45) is 5.16 Å². The molecule has 0 spiro atoms. The average Bonchev–Trinajstić information content (AvgIpc) is 3.14. The number of aryl methyl sites for hydroxylation is 1. The van der Waals surface area contributed by atoms with Crippen LogP contribution in [0.2, 0.25) is 0 Å². The van der Waals surface area contributed by atoms with Crippen molar-refractivity contribution in [1.82, 2.24) is 25.0 Å². The second-order valence-electron chi connectivity index (χ2n) is 5.43. The molecule has 0 fully saturated rings. The van der Waals surface area contributed by atoms with Crippen LogP contribution >= 0.6 is 0 Å². The summed E-state index contributed by atoms with van der Waals surface area (Å²) in [5.41, 5.74) is 1.04. The van der Waals surface area contributed by atoms with Gasteiger partial charge in [0.2, 0.25) is 0 Å². The summed E-state index contributed by atoms with van der Waals surface area (Å²) in [4.78, 5) is 19.0. The molecule has 1 aromatic rings. The maximum Gasteiger partial charge on any atom is 0.317 e. The monoisotopic (exact) mass is 308 g/mol. The lowest BCUT2D eigenvalue weighted by atomic mass is 10.1. The van der Waals surface area contributed by atoms with Crippen LogP contribution in [-0.4, -0.2) is 51.1 Å². The zero-order valence-corrected chi connectivity index (χ0v) is 13.4. The topological polar surface area (TPSA) is 84.6 Å². The Morgan fingerprint density at radius 2 is 2.36 bits per heavy atom. The van der Waals surface area contributed by atoms with Crippen molar-refractivity contribution in [1.29, 1.82) is 0 Å². The molecule has 1 atom stereocenters. The Morgan fingerprint density at radius 3 is 3.05 bits per heavy atom. The summed E-state index contributed by atoms with van der Waals surface area (Å²) in [6.45, 7) is 5.87. The van der Waals surface area contributed by atoms with Crippen molar-refractivity contribution in [3.05, 3.63) is 12.2 Å². The largest absolute Gasteiger partial charge is 0.390 e. The first-order chi connectivity index (χ1) is 10.6. The van der Waals surface area contributed by atoms with E-state index in [0.717, 1.165) is 37.3 Å². The Balaban J connectivity index is 1.76. The van der Waals surface area contributed by atoms with Crippen LogP contribution in [0, 0.1) is 0 Å². The molecule has 0 bridgehead atoms. The van der Waals surface area contributed by atoms with Crippen LogP contribution in [0.15, 0.2) is 11.5 Å². The molecule has 2 rings (SSSR count). The fourth-order valence-corrected chi connectivity index (χ4v) is 2.25. The zero-order chi connectivity index (χ0) is 15.9. The van der Waals surface area contributed by atoms with E-state index in [-0.39, 0.29) is 12.1 Å². The molecule has 22 heavy (non-hydrogen) atoms. The predicted molar refractivity (Wildman–Crippen MR) is 82.4 cm³/mol. The molecule has 8 nitrogen and oxygen atoms in total. The number of rotatable bonds is 7. The Bertz CT molecular complexity index is 527. The van der Waals surface area contributed by atoms with Gasteiger partial charge in [-0.25, -0.2) is 4.79 Å². The summed E-state index contributed by atoms with van der Waals surface area (Å²) in [6, 6.07) is -0.153. The van der Waals surface area contributed by atoms with Gasteiger partial charge in [-0.1, -0.05) is 19.0 Å². The quantitative estimate of drug-likeness (QED) is 0.825. The highest BCUT2D eigenvalue weighted by molar-refractivity contribution is 5.85. The summed E-state index contributed by atoms with van der Waals surface area (Å²) in [5.74, 6) is 0.785. The molecule has 0 aliphatic carbocycles. The number of oxime groups is 1. The van der Waals surface area contributed by atoms with Crippen LogP contribution in [-0.2, 0) is 17.9 Å². The molecule has 0 saturated carbocycles. The van der Waals surface area contributed by atoms with E-state index in [1.54, 1.807) is 18.3 Å². The summed E-state index contributed by atoms with van der Waals surface area (Å²) < 4.78 is 1.96. The van der Waals surface area contributed by atoms with Gasteiger partial charge >= 0.3 is 6.03 Å². The van der Waals surface area contributed by atoms with E-state index in [9.17, 15) is 4.79 Å². The smallest absolute Gasteiger partial charge is 0.317 e. The fraction of sp³-hybridized carbons (Fsp3) is 0.714. The molecule has 0 aromatic carbocycles. The van der Waals surface area contributed by atoms with Crippen molar-refractivity contribution in [3.8, 4) is 0 Å². The minimum atomic E-state index is -0.153. The van der Waals surface area contributed by atoms with Gasteiger partial charge in [0.05, 0.1) is 18.8 Å². The molecule has 1 N–H and O–H groups in total. The third-order valence-corrected chi connectivity index (χ3v) is 3.57. The van der Waals surface area contributed by atoms with Crippen LogP contribution in [0.3, 0.4) is 0 Å². The number of nitrogens with one attached hydrogen (secondary N) is 1. The standard InChI is InChI=1S/C14H24N6O2/c1-4-6-20-10-16-17-13(20)9-19(3)14(21)15-8-12-7-11(5-2)18-22-12/h10,12H,4-9H2,1-3H3,(H,15,21)/t12-/m1/s1. The summed E-state index contributed by atoms with van der Waals surface area (Å²) in [7, 11) is 1.74. The molecule has 1 aliphatic rings. The van der Waals surface area contributed by atoms with Gasteiger partial charge in [-0.3, -0.25) is 0 Å². The predicted octanol–water partition coefficient (Wildman–Crippen LogP) is 1.38. The number of hydrogen-bond acceptors (Lipinski definition) is 5. The molecule has 1 aromatic heterocycles. The number of amides is 2. The van der Waals surface area contributed by atoms with Gasteiger partial charge in [0.25, 0.3) is 0 Å². The summed E-state index contributed by atoms with van der Waals surface area (Å²) in [6.07, 6.45) is 4.30. The van der Waals surface area contributed by atoms with E-state index in [0.29, 0.717) is 13.1 Å². The summed E-state index contributed by atoms with van der Waals surface area (Å²) in [5, 5.41) is 14.8. The Morgan fingerprint density at radius 1 is 1.55 bits per heavy atom. The van der Waals surface area contributed by atoms with Gasteiger partial charge in [0.1, 0.15) is 12.4 Å². The Hall–Kier alpha value is -2.12. The van der Waals surface area contributed by atoms with Gasteiger partial charge in [0.15, 0.2) is 5.82 Å². The van der Waals surface area contributed by atoms with Gasteiger partial charge in [0, 0.05) is 20.0 Å². The van der Waals surface area contributed by atoms with E-state index in [1.165, 1.54) is 0 Å². The first-order valence-electron chi connectivity index (χ1n) is 7.71. The van der Waals surface area contributed by atoms with E-state index in [1.807, 2.05) is 11.5 Å². The van der Waals surface area contributed by atoms with Gasteiger partial charge in [-0.15, -0.1) is 10.2 Å². The molecule has 122 valence electrons. The zero-order valence-electron chi connectivity index (χ0n) is 13.4. The first kappa shape index (κ1) is 16.3. The van der Waals surface area contributed by atoms with Crippen LogP contribution in [0.5, 0.6) is 0 Å². The second kappa shape index (κ2) is 7.77. The third kappa shape index (κ3) is 4.19. The van der Waals surface area contributed by atoms with Crippen molar-refractivity contribution < 1.29 is 9.63 Å². The minimum absolute atomic E-state index is 0.0592. The van der Waals surface area contributed by atoms with Crippen molar-refractivity contribution in [2.45, 2.75) is 52.3 Å². The highest BCUT2D eigenvalue weighted by Gasteiger charge is 2.21. The minimum Gasteiger partial charge on any atom is -0.390 e. The normalized spacial score (nSPS) is 17.0. The van der Waals surface area contributed by atoms with E-state index >= 15 is 0 Å². The third-order valence-electron chi connectivity index (χ3n) is 3.57. The number of urea groups is 1. The lowest BCUT2D eigenvalue weighted by Crippen LogP contribution is -2.41. The number of hydrogen-bond donors (Lipinski definition) is 1. The fourth-order valence-electron chi connectivity index (χ4n) is 2.25. The number of carbonyl (C=O) groups is 1. The molecule has 2 amide bonds. The summed E-state index contributed by atoms with van der Waals surface area (Å²) >= 11 is 0. The van der Waals surface area contributed by atoms with E-state index in [2.05, 4.69) is 27.6 Å². The van der Waals surface area contributed by atoms with Crippen LogP contribution < -0.4 is 5.32 Å². The molecule has 1 aliphatic heterocycles. The Kier molecular flexibility index (Phi) is 5.74.